The third-order valence-electron chi connectivity index (χ3n) is 5.55. The molecule has 1 unspecified atom stereocenters. The van der Waals surface area contributed by atoms with Crippen LogP contribution in [0.5, 0.6) is 0 Å². The van der Waals surface area contributed by atoms with E-state index in [9.17, 15) is 0 Å². The van der Waals surface area contributed by atoms with Crippen LogP contribution in [0.15, 0.2) is 30.3 Å². The molecule has 2 rings (SSSR count). The number of hydrogen-bond donors (Lipinski definition) is 1. The predicted molar refractivity (Wildman–Crippen MR) is 116 cm³/mol. The van der Waals surface area contributed by atoms with Gasteiger partial charge in [0, 0.05) is 12.6 Å². The van der Waals surface area contributed by atoms with E-state index in [4.69, 9.17) is 4.74 Å². The van der Waals surface area contributed by atoms with Crippen LogP contribution < -0.4 is 5.32 Å². The Morgan fingerprint density at radius 1 is 0.926 bits per heavy atom. The van der Waals surface area contributed by atoms with Gasteiger partial charge in [0.2, 0.25) is 0 Å². The highest BCUT2D eigenvalue weighted by molar-refractivity contribution is 5.18. The van der Waals surface area contributed by atoms with Crippen molar-refractivity contribution in [3.8, 4) is 0 Å². The molecule has 0 aromatic heterocycles. The highest BCUT2D eigenvalue weighted by Crippen LogP contribution is 2.17. The Bertz CT molecular complexity index is 457. The van der Waals surface area contributed by atoms with Crippen LogP contribution >= 0.6 is 0 Å². The molecule has 0 aliphatic carbocycles. The second-order valence-electron chi connectivity index (χ2n) is 8.30. The van der Waals surface area contributed by atoms with Crippen LogP contribution in [-0.4, -0.2) is 43.8 Å². The molecular formula is C24H42N2O. The molecule has 1 aromatic carbocycles. The van der Waals surface area contributed by atoms with Crippen LogP contribution in [0.1, 0.15) is 83.2 Å². The van der Waals surface area contributed by atoms with Gasteiger partial charge in [-0.05, 0) is 77.7 Å². The van der Waals surface area contributed by atoms with Gasteiger partial charge < -0.3 is 15.0 Å². The van der Waals surface area contributed by atoms with E-state index in [0.29, 0.717) is 12.1 Å². The summed E-state index contributed by atoms with van der Waals surface area (Å²) >= 11 is 0. The maximum absolute atomic E-state index is 5.77. The van der Waals surface area contributed by atoms with Crippen molar-refractivity contribution < 1.29 is 4.74 Å². The minimum atomic E-state index is 0.311. The summed E-state index contributed by atoms with van der Waals surface area (Å²) < 4.78 is 5.77. The van der Waals surface area contributed by atoms with Gasteiger partial charge in [0.15, 0.2) is 0 Å². The summed E-state index contributed by atoms with van der Waals surface area (Å²) in [6.45, 7) is 10.1. The number of likely N-dealkylation sites (tertiary alicyclic amines) is 1. The topological polar surface area (TPSA) is 24.5 Å². The van der Waals surface area contributed by atoms with E-state index in [1.807, 2.05) is 0 Å². The number of ether oxygens (including phenoxy) is 1. The Morgan fingerprint density at radius 2 is 1.63 bits per heavy atom. The fourth-order valence-electron chi connectivity index (χ4n) is 3.94. The normalized spacial score (nSPS) is 16.7. The molecule has 3 heteroatoms. The van der Waals surface area contributed by atoms with E-state index >= 15 is 0 Å². The smallest absolute Gasteiger partial charge is 0.0518 e. The lowest BCUT2D eigenvalue weighted by Crippen LogP contribution is -2.30. The van der Waals surface area contributed by atoms with Crippen molar-refractivity contribution in [1.82, 2.24) is 10.2 Å². The third-order valence-corrected chi connectivity index (χ3v) is 5.55. The highest BCUT2D eigenvalue weighted by Gasteiger charge is 2.11. The van der Waals surface area contributed by atoms with Gasteiger partial charge in [-0.25, -0.2) is 0 Å². The first-order valence-corrected chi connectivity index (χ1v) is 11.4. The van der Waals surface area contributed by atoms with Crippen molar-refractivity contribution in [2.45, 2.75) is 83.8 Å². The van der Waals surface area contributed by atoms with Gasteiger partial charge in [0.05, 0.1) is 6.10 Å². The maximum Gasteiger partial charge on any atom is 0.0518 e. The zero-order valence-electron chi connectivity index (χ0n) is 17.8. The van der Waals surface area contributed by atoms with Crippen LogP contribution in [-0.2, 0) is 4.74 Å². The van der Waals surface area contributed by atoms with Crippen molar-refractivity contribution >= 4 is 0 Å². The number of unbranched alkanes of at least 4 members (excludes halogenated alkanes) is 4. The predicted octanol–water partition coefficient (Wildman–Crippen LogP) is 5.57. The molecule has 1 heterocycles. The second-order valence-corrected chi connectivity index (χ2v) is 8.30. The van der Waals surface area contributed by atoms with Gasteiger partial charge in [-0.1, -0.05) is 56.0 Å². The van der Waals surface area contributed by atoms with Crippen molar-refractivity contribution in [2.24, 2.45) is 0 Å². The summed E-state index contributed by atoms with van der Waals surface area (Å²) in [5.74, 6) is 0. The lowest BCUT2D eigenvalue weighted by molar-refractivity contribution is 0.0714. The van der Waals surface area contributed by atoms with E-state index in [0.717, 1.165) is 19.6 Å². The Kier molecular flexibility index (Phi) is 11.7. The molecule has 1 saturated heterocycles. The van der Waals surface area contributed by atoms with Gasteiger partial charge in [0.25, 0.3) is 0 Å². The van der Waals surface area contributed by atoms with Crippen molar-refractivity contribution in [1.29, 1.82) is 0 Å². The average Bonchev–Trinajstić information content (AvgIpc) is 2.70. The fourth-order valence-corrected chi connectivity index (χ4v) is 3.94. The summed E-state index contributed by atoms with van der Waals surface area (Å²) in [6.07, 6.45) is 12.4. The van der Waals surface area contributed by atoms with Crippen molar-refractivity contribution in [2.75, 3.05) is 32.8 Å². The summed E-state index contributed by atoms with van der Waals surface area (Å²) in [5.41, 5.74) is 1.38. The lowest BCUT2D eigenvalue weighted by atomic mass is 10.0. The minimum absolute atomic E-state index is 0.311. The monoisotopic (exact) mass is 374 g/mol. The quantitative estimate of drug-likeness (QED) is 0.431. The second kappa shape index (κ2) is 14.1. The first-order chi connectivity index (χ1) is 13.3. The molecular weight excluding hydrogens is 332 g/mol. The van der Waals surface area contributed by atoms with Gasteiger partial charge in [-0.3, -0.25) is 0 Å². The molecule has 0 radical (unpaired) electrons. The summed E-state index contributed by atoms with van der Waals surface area (Å²) in [6, 6.07) is 11.2. The van der Waals surface area contributed by atoms with Crippen LogP contribution in [0.4, 0.5) is 0 Å². The van der Waals surface area contributed by atoms with E-state index in [1.54, 1.807) is 0 Å². The number of piperidine rings is 1. The maximum atomic E-state index is 5.77. The molecule has 27 heavy (non-hydrogen) atoms. The summed E-state index contributed by atoms with van der Waals surface area (Å²) in [4.78, 5) is 2.66. The zero-order chi connectivity index (χ0) is 19.2. The molecule has 0 bridgehead atoms. The number of nitrogens with one attached hydrogen (secondary N) is 1. The molecule has 1 atom stereocenters. The molecule has 1 aliphatic rings. The summed E-state index contributed by atoms with van der Waals surface area (Å²) in [7, 11) is 0. The number of rotatable bonds is 14. The number of nitrogens with zero attached hydrogens (tertiary/aromatic N) is 1. The third kappa shape index (κ3) is 10.3. The molecule has 0 saturated carbocycles. The molecule has 0 spiro atoms. The lowest BCUT2D eigenvalue weighted by Gasteiger charge is -2.26. The molecule has 1 fully saturated rings. The molecule has 1 aromatic rings. The molecule has 154 valence electrons. The largest absolute Gasteiger partial charge is 0.379 e. The van der Waals surface area contributed by atoms with Crippen LogP contribution in [0, 0.1) is 0 Å². The van der Waals surface area contributed by atoms with Crippen LogP contribution in [0.2, 0.25) is 0 Å². The average molecular weight is 375 g/mol. The summed E-state index contributed by atoms with van der Waals surface area (Å²) in [5, 5.41) is 3.76. The van der Waals surface area contributed by atoms with Crippen molar-refractivity contribution in [3.63, 3.8) is 0 Å². The van der Waals surface area contributed by atoms with Gasteiger partial charge in [0.1, 0.15) is 0 Å². The molecule has 0 amide bonds. The minimum Gasteiger partial charge on any atom is -0.379 e. The van der Waals surface area contributed by atoms with Crippen LogP contribution in [0.25, 0.3) is 0 Å². The first kappa shape index (κ1) is 22.4. The molecule has 1 N–H and O–H groups in total. The first-order valence-electron chi connectivity index (χ1n) is 11.4. The number of hydrogen-bond acceptors (Lipinski definition) is 3. The van der Waals surface area contributed by atoms with Crippen molar-refractivity contribution in [3.05, 3.63) is 35.9 Å². The standard InChI is InChI=1S/C24H42N2O/c1-22(2)27-21-16-24(23-14-8-6-9-15-23)25-17-10-4-3-5-11-18-26-19-12-7-13-20-26/h6,8-9,14-15,22,24-25H,3-5,7,10-13,16-21H2,1-2H3. The van der Waals surface area contributed by atoms with E-state index in [2.05, 4.69) is 54.4 Å². The van der Waals surface area contributed by atoms with Gasteiger partial charge >= 0.3 is 0 Å². The Morgan fingerprint density at radius 3 is 2.37 bits per heavy atom. The molecule has 1 aliphatic heterocycles. The van der Waals surface area contributed by atoms with Gasteiger partial charge in [-0.2, -0.15) is 0 Å². The highest BCUT2D eigenvalue weighted by atomic mass is 16.5. The SMILES string of the molecule is CC(C)OCCC(NCCCCCCCN1CCCCC1)c1ccccc1. The Balaban J connectivity index is 1.54. The van der Waals surface area contributed by atoms with E-state index in [-0.39, 0.29) is 0 Å². The molecule has 3 nitrogen and oxygen atoms in total. The Labute approximate surface area is 167 Å². The zero-order valence-corrected chi connectivity index (χ0v) is 17.8. The number of benzene rings is 1. The van der Waals surface area contributed by atoms with E-state index in [1.165, 1.54) is 76.6 Å². The Hall–Kier alpha value is -0.900. The van der Waals surface area contributed by atoms with Gasteiger partial charge in [-0.15, -0.1) is 0 Å². The van der Waals surface area contributed by atoms with E-state index < -0.39 is 0 Å². The van der Waals surface area contributed by atoms with Crippen LogP contribution in [0.3, 0.4) is 0 Å². The fraction of sp³-hybridized carbons (Fsp3) is 0.750.